The van der Waals surface area contributed by atoms with Crippen LogP contribution in [0.2, 0.25) is 0 Å². The van der Waals surface area contributed by atoms with Crippen LogP contribution in [0, 0.1) is 11.8 Å². The summed E-state index contributed by atoms with van der Waals surface area (Å²) in [5.41, 5.74) is 2.34. The van der Waals surface area contributed by atoms with E-state index >= 15 is 0 Å². The van der Waals surface area contributed by atoms with Gasteiger partial charge in [0.05, 0.1) is 11.0 Å². The maximum atomic E-state index is 13.0. The number of nitrogens with zero attached hydrogens (tertiary/aromatic N) is 3. The minimum atomic E-state index is 0.166. The summed E-state index contributed by atoms with van der Waals surface area (Å²) in [6, 6.07) is 8.46. The molecule has 2 aliphatic heterocycles. The molecule has 2 aliphatic rings. The van der Waals surface area contributed by atoms with Crippen LogP contribution in [0.15, 0.2) is 29.1 Å². The number of fused-ring (bicyclic) bond motifs is 3. The molecular weight excluding hydrogens is 286 g/mol. The Balaban J connectivity index is 1.72. The van der Waals surface area contributed by atoms with Crippen molar-refractivity contribution >= 4 is 11.0 Å². The molecule has 4 heteroatoms. The van der Waals surface area contributed by atoms with E-state index in [1.165, 1.54) is 38.9 Å². The summed E-state index contributed by atoms with van der Waals surface area (Å²) in [4.78, 5) is 15.6. The predicted octanol–water partition coefficient (Wildman–Crippen LogP) is 3.12. The molecule has 2 fully saturated rings. The number of para-hydroxylation sites is 2. The van der Waals surface area contributed by atoms with Gasteiger partial charge in [0.25, 0.3) is 0 Å². The summed E-state index contributed by atoms with van der Waals surface area (Å²) >= 11 is 0. The molecule has 2 saturated heterocycles. The van der Waals surface area contributed by atoms with Crippen molar-refractivity contribution in [2.75, 3.05) is 19.6 Å². The van der Waals surface area contributed by atoms with Gasteiger partial charge >= 0.3 is 5.69 Å². The Hall–Kier alpha value is -1.55. The number of piperidine rings is 2. The fraction of sp³-hybridized carbons (Fsp3) is 0.632. The van der Waals surface area contributed by atoms with Gasteiger partial charge in [-0.1, -0.05) is 12.1 Å². The lowest BCUT2D eigenvalue weighted by Crippen LogP contribution is -2.46. The Morgan fingerprint density at radius 3 is 2.70 bits per heavy atom. The van der Waals surface area contributed by atoms with Gasteiger partial charge in [0.15, 0.2) is 0 Å². The van der Waals surface area contributed by atoms with Crippen LogP contribution < -0.4 is 5.69 Å². The summed E-state index contributed by atoms with van der Waals surface area (Å²) in [5, 5.41) is 0. The number of hydrogen-bond acceptors (Lipinski definition) is 2. The third-order valence-electron chi connectivity index (χ3n) is 5.83. The van der Waals surface area contributed by atoms with E-state index in [4.69, 9.17) is 0 Å². The summed E-state index contributed by atoms with van der Waals surface area (Å²) in [7, 11) is 0. The second kappa shape index (κ2) is 5.82. The van der Waals surface area contributed by atoms with E-state index in [1.54, 1.807) is 0 Å². The first kappa shape index (κ1) is 15.0. The maximum Gasteiger partial charge on any atom is 0.329 e. The van der Waals surface area contributed by atoms with E-state index in [9.17, 15) is 4.79 Å². The molecule has 0 aliphatic carbocycles. The molecule has 4 rings (SSSR count). The molecule has 3 atom stereocenters. The molecule has 0 saturated carbocycles. The van der Waals surface area contributed by atoms with Crippen LogP contribution in [-0.4, -0.2) is 33.7 Å². The van der Waals surface area contributed by atoms with Gasteiger partial charge in [0, 0.05) is 19.1 Å². The van der Waals surface area contributed by atoms with Crippen LogP contribution in [-0.2, 0) is 6.54 Å². The largest absolute Gasteiger partial charge is 0.329 e. The normalized spacial score (nSPS) is 27.7. The van der Waals surface area contributed by atoms with E-state index in [1.807, 2.05) is 21.3 Å². The Bertz CT molecular complexity index is 758. The van der Waals surface area contributed by atoms with Crippen molar-refractivity contribution in [3.63, 3.8) is 0 Å². The molecule has 2 aromatic rings. The van der Waals surface area contributed by atoms with Gasteiger partial charge in [0.1, 0.15) is 0 Å². The van der Waals surface area contributed by atoms with E-state index in [0.717, 1.165) is 23.5 Å². The smallest absolute Gasteiger partial charge is 0.303 e. The molecule has 0 radical (unpaired) electrons. The zero-order valence-corrected chi connectivity index (χ0v) is 14.2. The summed E-state index contributed by atoms with van der Waals surface area (Å²) in [6.45, 7) is 8.80. The third-order valence-corrected chi connectivity index (χ3v) is 5.83. The predicted molar refractivity (Wildman–Crippen MR) is 93.9 cm³/mol. The first-order valence-electron chi connectivity index (χ1n) is 9.07. The van der Waals surface area contributed by atoms with Crippen LogP contribution in [0.25, 0.3) is 11.0 Å². The first-order chi connectivity index (χ1) is 11.1. The van der Waals surface area contributed by atoms with Crippen LogP contribution in [0.3, 0.4) is 0 Å². The molecule has 3 unspecified atom stereocenters. The Morgan fingerprint density at radius 2 is 1.91 bits per heavy atom. The molecule has 1 aromatic carbocycles. The van der Waals surface area contributed by atoms with Gasteiger partial charge in [-0.3, -0.25) is 9.13 Å². The molecule has 23 heavy (non-hydrogen) atoms. The van der Waals surface area contributed by atoms with Gasteiger partial charge in [-0.05, 0) is 70.2 Å². The number of aromatic nitrogens is 2. The van der Waals surface area contributed by atoms with Gasteiger partial charge < -0.3 is 4.90 Å². The molecule has 4 nitrogen and oxygen atoms in total. The van der Waals surface area contributed by atoms with Crippen molar-refractivity contribution in [2.45, 2.75) is 45.7 Å². The van der Waals surface area contributed by atoms with Gasteiger partial charge in [-0.25, -0.2) is 4.79 Å². The molecule has 0 N–H and O–H groups in total. The highest BCUT2D eigenvalue weighted by molar-refractivity contribution is 5.76. The van der Waals surface area contributed by atoms with Crippen molar-refractivity contribution < 1.29 is 0 Å². The van der Waals surface area contributed by atoms with Crippen LogP contribution >= 0.6 is 0 Å². The molecule has 0 spiro atoms. The lowest BCUT2D eigenvalue weighted by atomic mass is 9.80. The van der Waals surface area contributed by atoms with Crippen LogP contribution in [0.4, 0.5) is 0 Å². The molecule has 3 heterocycles. The van der Waals surface area contributed by atoms with Gasteiger partial charge in [0.2, 0.25) is 0 Å². The average molecular weight is 313 g/mol. The van der Waals surface area contributed by atoms with E-state index < -0.39 is 0 Å². The molecule has 0 amide bonds. The highest BCUT2D eigenvalue weighted by Crippen LogP contribution is 2.33. The summed E-state index contributed by atoms with van der Waals surface area (Å²) in [6.07, 6.45) is 3.89. The number of hydrogen-bond donors (Lipinski definition) is 0. The van der Waals surface area contributed by atoms with Gasteiger partial charge in [-0.2, -0.15) is 0 Å². The standard InChI is InChI=1S/C19H27N3O/c1-14(2)22-18-8-4-3-7-17(18)21(19(22)23)13-16-9-11-20-10-5-6-15(16)12-20/h3-4,7-8,14-16H,5-6,9-13H2,1-2H3. The Labute approximate surface area is 137 Å². The second-order valence-electron chi connectivity index (χ2n) is 7.60. The van der Waals surface area contributed by atoms with Crippen molar-refractivity contribution in [1.29, 1.82) is 0 Å². The zero-order chi connectivity index (χ0) is 16.0. The molecule has 124 valence electrons. The van der Waals surface area contributed by atoms with Crippen molar-refractivity contribution in [1.82, 2.24) is 14.0 Å². The third kappa shape index (κ3) is 2.53. The second-order valence-corrected chi connectivity index (χ2v) is 7.60. The highest BCUT2D eigenvalue weighted by Gasteiger charge is 2.32. The van der Waals surface area contributed by atoms with E-state index in [0.29, 0.717) is 5.92 Å². The highest BCUT2D eigenvalue weighted by atomic mass is 16.1. The lowest BCUT2D eigenvalue weighted by molar-refractivity contribution is 0.0657. The number of benzene rings is 1. The fourth-order valence-corrected chi connectivity index (χ4v) is 4.65. The number of imidazole rings is 1. The van der Waals surface area contributed by atoms with Gasteiger partial charge in [-0.15, -0.1) is 0 Å². The Morgan fingerprint density at radius 1 is 1.13 bits per heavy atom. The van der Waals surface area contributed by atoms with Crippen molar-refractivity contribution in [2.24, 2.45) is 11.8 Å². The Kier molecular flexibility index (Phi) is 3.80. The zero-order valence-electron chi connectivity index (χ0n) is 14.2. The SMILES string of the molecule is CC(C)n1c(=O)n(CC2CCN3CCCC2C3)c2ccccc21. The topological polar surface area (TPSA) is 30.2 Å². The van der Waals surface area contributed by atoms with Crippen LogP contribution in [0.5, 0.6) is 0 Å². The molecule has 2 bridgehead atoms. The van der Waals surface area contributed by atoms with Crippen molar-refractivity contribution in [3.05, 3.63) is 34.7 Å². The minimum absolute atomic E-state index is 0.166. The summed E-state index contributed by atoms with van der Waals surface area (Å²) in [5.74, 6) is 1.42. The lowest BCUT2D eigenvalue weighted by Gasteiger charge is -2.42. The van der Waals surface area contributed by atoms with Crippen LogP contribution in [0.1, 0.15) is 39.2 Å². The number of rotatable bonds is 3. The molecular formula is C19H27N3O. The monoisotopic (exact) mass is 313 g/mol. The quantitative estimate of drug-likeness (QED) is 0.871. The van der Waals surface area contributed by atoms with E-state index in [-0.39, 0.29) is 11.7 Å². The summed E-state index contributed by atoms with van der Waals surface area (Å²) < 4.78 is 4.00. The average Bonchev–Trinajstić information content (AvgIpc) is 2.83. The van der Waals surface area contributed by atoms with E-state index in [2.05, 4.69) is 30.9 Å². The fourth-order valence-electron chi connectivity index (χ4n) is 4.65. The van der Waals surface area contributed by atoms with Crippen molar-refractivity contribution in [3.8, 4) is 0 Å². The molecule has 1 aromatic heterocycles. The maximum absolute atomic E-state index is 13.0. The first-order valence-corrected chi connectivity index (χ1v) is 9.07. The minimum Gasteiger partial charge on any atom is -0.303 e.